The molecule has 6 aliphatic rings. The molecule has 0 radical (unpaired) electrons. The van der Waals surface area contributed by atoms with Gasteiger partial charge in [-0.05, 0) is 109 Å². The van der Waals surface area contributed by atoms with E-state index in [1.807, 2.05) is 0 Å². The van der Waals surface area contributed by atoms with Gasteiger partial charge >= 0.3 is 5.97 Å². The maximum Gasteiger partial charge on any atom is 0.310 e. The molecule has 5 aliphatic carbocycles. The van der Waals surface area contributed by atoms with Gasteiger partial charge in [-0.25, -0.2) is 0 Å². The highest BCUT2D eigenvalue weighted by molar-refractivity contribution is 5.76. The quantitative estimate of drug-likeness (QED) is 0.247. The minimum Gasteiger partial charge on any atom is -0.481 e. The molecule has 1 heterocycles. The molecule has 6 rings (SSSR count). The first kappa shape index (κ1) is 31.0. The van der Waals surface area contributed by atoms with Crippen LogP contribution < -0.4 is 0 Å². The molecule has 1 saturated heterocycles. The van der Waals surface area contributed by atoms with Crippen LogP contribution in [0.5, 0.6) is 0 Å². The van der Waals surface area contributed by atoms with Crippen molar-refractivity contribution in [2.45, 2.75) is 143 Å². The Balaban J connectivity index is 1.30. The van der Waals surface area contributed by atoms with E-state index in [9.17, 15) is 25.2 Å². The second-order valence-corrected chi connectivity index (χ2v) is 17.4. The fourth-order valence-electron chi connectivity index (χ4n) is 11.9. The van der Waals surface area contributed by atoms with Crippen LogP contribution in [0.15, 0.2) is 11.6 Å². The highest BCUT2D eigenvalue weighted by Crippen LogP contribution is 2.75. The molecular weight excluding hydrogens is 532 g/mol. The van der Waals surface area contributed by atoms with Crippen LogP contribution in [0.1, 0.15) is 113 Å². The molecule has 4 N–H and O–H groups in total. The second-order valence-electron chi connectivity index (χ2n) is 17.4. The van der Waals surface area contributed by atoms with Crippen molar-refractivity contribution in [3.05, 3.63) is 11.6 Å². The third-order valence-corrected chi connectivity index (χ3v) is 14.8. The van der Waals surface area contributed by atoms with E-state index in [0.29, 0.717) is 11.8 Å². The summed E-state index contributed by atoms with van der Waals surface area (Å²) in [4.78, 5) is 12.9. The number of carbonyl (C=O) groups is 1. The normalized spacial score (nSPS) is 53.0. The largest absolute Gasteiger partial charge is 0.481 e. The number of hydrogen-bond acceptors (Lipinski definition) is 6. The van der Waals surface area contributed by atoms with Crippen molar-refractivity contribution >= 4 is 5.97 Å². The molecule has 0 aromatic heterocycles. The first-order valence-corrected chi connectivity index (χ1v) is 16.7. The molecule has 7 nitrogen and oxygen atoms in total. The first-order valence-electron chi connectivity index (χ1n) is 16.7. The predicted molar refractivity (Wildman–Crippen MR) is 159 cm³/mol. The number of aliphatic carboxylic acids is 1. The van der Waals surface area contributed by atoms with Crippen molar-refractivity contribution < 1.29 is 34.7 Å². The zero-order valence-electron chi connectivity index (χ0n) is 27.0. The summed E-state index contributed by atoms with van der Waals surface area (Å²) < 4.78 is 12.1. The Morgan fingerprint density at radius 1 is 0.881 bits per heavy atom. The highest BCUT2D eigenvalue weighted by Gasteiger charge is 2.69. The fraction of sp³-hybridized carbons (Fsp3) is 0.914. The number of allylic oxidation sites excluding steroid dienone is 2. The number of fused-ring (bicyclic) bond motifs is 7. The molecule has 5 fully saturated rings. The molecule has 4 saturated carbocycles. The standard InChI is InChI=1S/C35H56O7/c1-30(2)14-16-35(29(39)40)17-15-33(6)20(21(35)18-30)8-9-24-32(5)12-11-25(31(3,4)23(32)10-13-34(24,33)7)42-28-27(38)26(37)22(36)19-41-28/h8,21-28,36-38H,9-19H2,1-7H3,(H,39,40)/t21-,22+,23-,24+,25-,26-,27+,28-,32-,33+,34+,35-/m1/s1. The molecular formula is C35H56O7. The monoisotopic (exact) mass is 588 g/mol. The Labute approximate surface area is 252 Å². The lowest BCUT2D eigenvalue weighted by molar-refractivity contribution is -0.308. The summed E-state index contributed by atoms with van der Waals surface area (Å²) >= 11 is 0. The van der Waals surface area contributed by atoms with Crippen molar-refractivity contribution in [1.29, 1.82) is 0 Å². The van der Waals surface area contributed by atoms with Gasteiger partial charge in [-0.2, -0.15) is 0 Å². The first-order chi connectivity index (χ1) is 19.4. The maximum atomic E-state index is 12.9. The van der Waals surface area contributed by atoms with E-state index < -0.39 is 36.0 Å². The van der Waals surface area contributed by atoms with Crippen LogP contribution in [-0.4, -0.2) is 63.7 Å². The van der Waals surface area contributed by atoms with Crippen LogP contribution in [0.2, 0.25) is 0 Å². The molecule has 7 heteroatoms. The van der Waals surface area contributed by atoms with E-state index in [-0.39, 0.29) is 45.7 Å². The summed E-state index contributed by atoms with van der Waals surface area (Å²) in [7, 11) is 0. The lowest BCUT2D eigenvalue weighted by atomic mass is 9.33. The van der Waals surface area contributed by atoms with Crippen LogP contribution in [0.25, 0.3) is 0 Å². The topological polar surface area (TPSA) is 116 Å². The minimum atomic E-state index is -1.27. The van der Waals surface area contributed by atoms with Gasteiger partial charge in [0.2, 0.25) is 0 Å². The van der Waals surface area contributed by atoms with Crippen LogP contribution in [0, 0.1) is 50.2 Å². The van der Waals surface area contributed by atoms with Gasteiger partial charge in [0, 0.05) is 0 Å². The van der Waals surface area contributed by atoms with E-state index in [2.05, 4.69) is 54.5 Å². The number of carboxylic acids is 1. The van der Waals surface area contributed by atoms with Gasteiger partial charge in [-0.15, -0.1) is 0 Å². The summed E-state index contributed by atoms with van der Waals surface area (Å²) in [5.41, 5.74) is 1.05. The Morgan fingerprint density at radius 2 is 1.57 bits per heavy atom. The molecule has 0 aromatic rings. The zero-order valence-corrected chi connectivity index (χ0v) is 27.0. The fourth-order valence-corrected chi connectivity index (χ4v) is 11.9. The highest BCUT2D eigenvalue weighted by atomic mass is 16.7. The molecule has 0 amide bonds. The summed E-state index contributed by atoms with van der Waals surface area (Å²) in [6.07, 6.45) is 7.38. The summed E-state index contributed by atoms with van der Waals surface area (Å²) in [6, 6.07) is 0. The Kier molecular flexibility index (Phi) is 7.20. The second kappa shape index (κ2) is 9.75. The number of ether oxygens (including phenoxy) is 2. The van der Waals surface area contributed by atoms with Crippen molar-refractivity contribution in [3.8, 4) is 0 Å². The Morgan fingerprint density at radius 3 is 2.26 bits per heavy atom. The van der Waals surface area contributed by atoms with Gasteiger partial charge in [0.1, 0.15) is 18.3 Å². The molecule has 0 aromatic carbocycles. The Hall–Kier alpha value is -0.990. The SMILES string of the molecule is CC1(C)CC[C@@]2(C(=O)O)CC[C@@]3(C)C(=CC[C@H]4[C@]5(C)CC[C@@H](O[C@H]6OC[C@H](O)[C@@H](O)[C@@H]6O)C(C)(C)[C@H]5CC[C@@]43C)[C@H]2C1. The summed E-state index contributed by atoms with van der Waals surface area (Å²) in [5, 5.41) is 41.3. The molecule has 42 heavy (non-hydrogen) atoms. The third kappa shape index (κ3) is 4.12. The van der Waals surface area contributed by atoms with Crippen LogP contribution in [-0.2, 0) is 14.3 Å². The van der Waals surface area contributed by atoms with Gasteiger partial charge in [-0.1, -0.05) is 60.1 Å². The van der Waals surface area contributed by atoms with E-state index in [1.165, 1.54) is 5.57 Å². The third-order valence-electron chi connectivity index (χ3n) is 14.8. The van der Waals surface area contributed by atoms with Crippen molar-refractivity contribution in [2.75, 3.05) is 6.61 Å². The van der Waals surface area contributed by atoms with Gasteiger partial charge in [0.05, 0.1) is 18.1 Å². The maximum absolute atomic E-state index is 12.9. The van der Waals surface area contributed by atoms with Crippen molar-refractivity contribution in [2.24, 2.45) is 50.2 Å². The summed E-state index contributed by atoms with van der Waals surface area (Å²) in [6.45, 7) is 16.8. The predicted octanol–water partition coefficient (Wildman–Crippen LogP) is 5.70. The lowest BCUT2D eigenvalue weighted by Crippen LogP contribution is -2.65. The number of aliphatic hydroxyl groups excluding tert-OH is 3. The van der Waals surface area contributed by atoms with Crippen LogP contribution in [0.3, 0.4) is 0 Å². The number of rotatable bonds is 3. The number of carboxylic acid groups (broad SMARTS) is 1. The molecule has 0 bridgehead atoms. The van der Waals surface area contributed by atoms with Gasteiger partial charge in [0.15, 0.2) is 6.29 Å². The van der Waals surface area contributed by atoms with E-state index in [4.69, 9.17) is 9.47 Å². The minimum absolute atomic E-state index is 0.00452. The smallest absolute Gasteiger partial charge is 0.310 e. The average molecular weight is 589 g/mol. The number of aliphatic hydroxyl groups is 3. The van der Waals surface area contributed by atoms with E-state index >= 15 is 0 Å². The van der Waals surface area contributed by atoms with E-state index in [1.54, 1.807) is 0 Å². The van der Waals surface area contributed by atoms with Crippen LogP contribution >= 0.6 is 0 Å². The van der Waals surface area contributed by atoms with Gasteiger partial charge in [0.25, 0.3) is 0 Å². The summed E-state index contributed by atoms with van der Waals surface area (Å²) in [5.74, 6) is 0.465. The Bertz CT molecular complexity index is 1130. The molecule has 0 unspecified atom stereocenters. The van der Waals surface area contributed by atoms with Gasteiger partial charge in [-0.3, -0.25) is 4.79 Å². The van der Waals surface area contributed by atoms with Crippen molar-refractivity contribution in [1.82, 2.24) is 0 Å². The number of hydrogen-bond donors (Lipinski definition) is 4. The van der Waals surface area contributed by atoms with E-state index in [0.717, 1.165) is 64.2 Å². The molecule has 0 spiro atoms. The molecule has 12 atom stereocenters. The molecule has 1 aliphatic heterocycles. The molecule has 238 valence electrons. The van der Waals surface area contributed by atoms with Crippen LogP contribution in [0.4, 0.5) is 0 Å². The lowest BCUT2D eigenvalue weighted by Gasteiger charge is -2.71. The van der Waals surface area contributed by atoms with Gasteiger partial charge < -0.3 is 29.9 Å². The van der Waals surface area contributed by atoms with Crippen molar-refractivity contribution in [3.63, 3.8) is 0 Å². The average Bonchev–Trinajstić information content (AvgIpc) is 2.90. The zero-order chi connectivity index (χ0) is 30.7.